The molecule has 1 rings (SSSR count). The Bertz CT molecular complexity index is 200. The van der Waals surface area contributed by atoms with E-state index >= 15 is 0 Å². The summed E-state index contributed by atoms with van der Waals surface area (Å²) in [5, 5.41) is 0. The minimum atomic E-state index is 0.191. The van der Waals surface area contributed by atoms with Crippen LogP contribution in [-0.4, -0.2) is 44.3 Å². The van der Waals surface area contributed by atoms with Crippen LogP contribution in [0.2, 0.25) is 0 Å². The zero-order valence-electron chi connectivity index (χ0n) is 11.3. The second-order valence-electron chi connectivity index (χ2n) is 5.76. The SMILES string of the molecule is CC(C)C(C)N(C)CC1(CN)CCCOC1. The van der Waals surface area contributed by atoms with Gasteiger partial charge in [-0.2, -0.15) is 0 Å². The van der Waals surface area contributed by atoms with Gasteiger partial charge in [0.1, 0.15) is 0 Å². The lowest BCUT2D eigenvalue weighted by Crippen LogP contribution is -2.49. The molecule has 1 fully saturated rings. The summed E-state index contributed by atoms with van der Waals surface area (Å²) < 4.78 is 5.61. The Morgan fingerprint density at radius 2 is 2.06 bits per heavy atom. The van der Waals surface area contributed by atoms with Crippen molar-refractivity contribution in [3.05, 3.63) is 0 Å². The Balaban J connectivity index is 2.54. The van der Waals surface area contributed by atoms with Crippen molar-refractivity contribution in [2.24, 2.45) is 17.1 Å². The first kappa shape index (κ1) is 13.9. The third-order valence-corrected chi connectivity index (χ3v) is 4.08. The molecule has 16 heavy (non-hydrogen) atoms. The van der Waals surface area contributed by atoms with E-state index in [9.17, 15) is 0 Å². The van der Waals surface area contributed by atoms with E-state index in [4.69, 9.17) is 10.5 Å². The molecule has 3 heteroatoms. The highest BCUT2D eigenvalue weighted by Crippen LogP contribution is 2.29. The molecular weight excluding hydrogens is 200 g/mol. The third-order valence-electron chi connectivity index (χ3n) is 4.08. The topological polar surface area (TPSA) is 38.5 Å². The van der Waals surface area contributed by atoms with Crippen LogP contribution in [0.5, 0.6) is 0 Å². The largest absolute Gasteiger partial charge is 0.381 e. The first-order valence-electron chi connectivity index (χ1n) is 6.49. The second kappa shape index (κ2) is 5.99. The van der Waals surface area contributed by atoms with Gasteiger partial charge in [0.15, 0.2) is 0 Å². The van der Waals surface area contributed by atoms with E-state index in [0.717, 1.165) is 32.7 Å². The average Bonchev–Trinajstić information content (AvgIpc) is 2.29. The van der Waals surface area contributed by atoms with Crippen molar-refractivity contribution < 1.29 is 4.74 Å². The average molecular weight is 228 g/mol. The Labute approximate surface area is 100 Å². The molecule has 1 heterocycles. The predicted molar refractivity (Wildman–Crippen MR) is 68.5 cm³/mol. The van der Waals surface area contributed by atoms with Gasteiger partial charge in [-0.15, -0.1) is 0 Å². The quantitative estimate of drug-likeness (QED) is 0.778. The molecule has 2 N–H and O–H groups in total. The maximum absolute atomic E-state index is 5.96. The highest BCUT2D eigenvalue weighted by atomic mass is 16.5. The standard InChI is InChI=1S/C13H28N2O/c1-11(2)12(3)15(4)9-13(8-14)6-5-7-16-10-13/h11-12H,5-10,14H2,1-4H3. The molecule has 0 aliphatic carbocycles. The molecule has 0 amide bonds. The van der Waals surface area contributed by atoms with E-state index in [1.165, 1.54) is 6.42 Å². The summed E-state index contributed by atoms with van der Waals surface area (Å²) in [5.74, 6) is 0.685. The van der Waals surface area contributed by atoms with Crippen LogP contribution in [0.25, 0.3) is 0 Å². The van der Waals surface area contributed by atoms with Gasteiger partial charge in [0.05, 0.1) is 6.61 Å². The van der Waals surface area contributed by atoms with Crippen LogP contribution in [-0.2, 0) is 4.74 Å². The zero-order chi connectivity index (χ0) is 12.2. The number of hydrogen-bond donors (Lipinski definition) is 1. The molecule has 2 atom stereocenters. The van der Waals surface area contributed by atoms with Crippen LogP contribution in [0, 0.1) is 11.3 Å². The van der Waals surface area contributed by atoms with Crippen LogP contribution in [0.3, 0.4) is 0 Å². The van der Waals surface area contributed by atoms with Gasteiger partial charge in [0.25, 0.3) is 0 Å². The molecule has 96 valence electrons. The molecule has 0 aromatic rings. The number of nitrogens with zero attached hydrogens (tertiary/aromatic N) is 1. The van der Waals surface area contributed by atoms with Crippen molar-refractivity contribution in [1.29, 1.82) is 0 Å². The van der Waals surface area contributed by atoms with Gasteiger partial charge < -0.3 is 15.4 Å². The summed E-state index contributed by atoms with van der Waals surface area (Å²) in [5.41, 5.74) is 6.15. The normalized spacial score (nSPS) is 28.7. The minimum absolute atomic E-state index is 0.191. The molecule has 1 saturated heterocycles. The first-order chi connectivity index (χ1) is 7.51. The monoisotopic (exact) mass is 228 g/mol. The van der Waals surface area contributed by atoms with Crippen LogP contribution < -0.4 is 5.73 Å². The number of nitrogens with two attached hydrogens (primary N) is 1. The molecule has 0 aromatic heterocycles. The van der Waals surface area contributed by atoms with Crippen molar-refractivity contribution in [3.8, 4) is 0 Å². The van der Waals surface area contributed by atoms with Crippen LogP contribution >= 0.6 is 0 Å². The van der Waals surface area contributed by atoms with Crippen molar-refractivity contribution in [2.75, 3.05) is 33.4 Å². The highest BCUT2D eigenvalue weighted by Gasteiger charge is 2.33. The Hall–Kier alpha value is -0.120. The summed E-state index contributed by atoms with van der Waals surface area (Å²) in [6.45, 7) is 10.4. The lowest BCUT2D eigenvalue weighted by molar-refractivity contribution is -0.0255. The fraction of sp³-hybridized carbons (Fsp3) is 1.00. The lowest BCUT2D eigenvalue weighted by atomic mass is 9.81. The molecule has 3 nitrogen and oxygen atoms in total. The smallest absolute Gasteiger partial charge is 0.0546 e. The molecule has 1 aliphatic rings. The lowest BCUT2D eigenvalue weighted by Gasteiger charge is -2.41. The Morgan fingerprint density at radius 3 is 2.50 bits per heavy atom. The maximum Gasteiger partial charge on any atom is 0.0546 e. The molecular formula is C13H28N2O. The van der Waals surface area contributed by atoms with Gasteiger partial charge >= 0.3 is 0 Å². The fourth-order valence-electron chi connectivity index (χ4n) is 2.44. The number of hydrogen-bond acceptors (Lipinski definition) is 3. The van der Waals surface area contributed by atoms with Gasteiger partial charge in [-0.3, -0.25) is 0 Å². The third kappa shape index (κ3) is 3.44. The molecule has 0 spiro atoms. The summed E-state index contributed by atoms with van der Waals surface area (Å²) in [7, 11) is 2.21. The van der Waals surface area contributed by atoms with Crippen LogP contribution in [0.15, 0.2) is 0 Å². The summed E-state index contributed by atoms with van der Waals surface area (Å²) >= 11 is 0. The van der Waals surface area contributed by atoms with E-state index in [1.807, 2.05) is 0 Å². The second-order valence-corrected chi connectivity index (χ2v) is 5.76. The van der Waals surface area contributed by atoms with Crippen molar-refractivity contribution in [1.82, 2.24) is 4.90 Å². The van der Waals surface area contributed by atoms with Crippen LogP contribution in [0.1, 0.15) is 33.6 Å². The molecule has 0 aromatic carbocycles. The Kier molecular flexibility index (Phi) is 5.22. The fourth-order valence-corrected chi connectivity index (χ4v) is 2.44. The van der Waals surface area contributed by atoms with E-state index in [1.54, 1.807) is 0 Å². The van der Waals surface area contributed by atoms with Gasteiger partial charge in [-0.05, 0) is 32.7 Å². The molecule has 2 unspecified atom stereocenters. The summed E-state index contributed by atoms with van der Waals surface area (Å²) in [6, 6.07) is 0.602. The van der Waals surface area contributed by atoms with Crippen LogP contribution in [0.4, 0.5) is 0 Å². The van der Waals surface area contributed by atoms with Crippen molar-refractivity contribution >= 4 is 0 Å². The maximum atomic E-state index is 5.96. The van der Waals surface area contributed by atoms with E-state index in [0.29, 0.717) is 12.0 Å². The number of ether oxygens (including phenoxy) is 1. The van der Waals surface area contributed by atoms with Crippen molar-refractivity contribution in [2.45, 2.75) is 39.7 Å². The molecule has 0 saturated carbocycles. The van der Waals surface area contributed by atoms with E-state index in [2.05, 4.69) is 32.7 Å². The summed E-state index contributed by atoms with van der Waals surface area (Å²) in [4.78, 5) is 2.44. The minimum Gasteiger partial charge on any atom is -0.381 e. The predicted octanol–water partition coefficient (Wildman–Crippen LogP) is 1.72. The van der Waals surface area contributed by atoms with Crippen molar-refractivity contribution in [3.63, 3.8) is 0 Å². The Morgan fingerprint density at radius 1 is 1.38 bits per heavy atom. The first-order valence-corrected chi connectivity index (χ1v) is 6.49. The molecule has 0 radical (unpaired) electrons. The van der Waals surface area contributed by atoms with Gasteiger partial charge in [-0.25, -0.2) is 0 Å². The molecule has 1 aliphatic heterocycles. The van der Waals surface area contributed by atoms with E-state index in [-0.39, 0.29) is 5.41 Å². The summed E-state index contributed by atoms with van der Waals surface area (Å²) in [6.07, 6.45) is 2.36. The zero-order valence-corrected chi connectivity index (χ0v) is 11.3. The van der Waals surface area contributed by atoms with Gasteiger partial charge in [0.2, 0.25) is 0 Å². The van der Waals surface area contributed by atoms with E-state index < -0.39 is 0 Å². The van der Waals surface area contributed by atoms with Gasteiger partial charge in [-0.1, -0.05) is 13.8 Å². The highest BCUT2D eigenvalue weighted by molar-refractivity contribution is 4.87. The van der Waals surface area contributed by atoms with Gasteiger partial charge in [0, 0.05) is 31.2 Å². The molecule has 0 bridgehead atoms. The number of rotatable bonds is 5.